The molecule has 2 N–H and O–H groups in total. The van der Waals surface area contributed by atoms with Crippen LogP contribution in [0.25, 0.3) is 11.1 Å². The molecule has 0 fully saturated rings. The van der Waals surface area contributed by atoms with Crippen molar-refractivity contribution in [3.63, 3.8) is 0 Å². The molecule has 0 unspecified atom stereocenters. The number of carbonyl (C=O) groups is 2. The Balaban J connectivity index is 1.68. The van der Waals surface area contributed by atoms with Crippen LogP contribution in [-0.4, -0.2) is 26.0 Å². The molecule has 6 nitrogen and oxygen atoms in total. The van der Waals surface area contributed by atoms with Crippen LogP contribution < -0.4 is 10.6 Å². The summed E-state index contributed by atoms with van der Waals surface area (Å²) in [5, 5.41) is 0. The van der Waals surface area contributed by atoms with E-state index < -0.39 is 11.7 Å². The number of primary amides is 1. The Bertz CT molecular complexity index is 1090. The molecule has 1 heterocycles. The molecule has 0 atom stereocenters. The van der Waals surface area contributed by atoms with E-state index in [0.29, 0.717) is 17.8 Å². The quantitative estimate of drug-likeness (QED) is 0.641. The highest BCUT2D eigenvalue weighted by atomic mass is 16.7. The van der Waals surface area contributed by atoms with Crippen molar-refractivity contribution in [1.29, 1.82) is 0 Å². The largest absolute Gasteiger partial charge is 0.366 e. The Morgan fingerprint density at radius 1 is 0.933 bits per heavy atom. The van der Waals surface area contributed by atoms with Crippen LogP contribution in [-0.2, 0) is 26.6 Å². The van der Waals surface area contributed by atoms with Gasteiger partial charge in [-0.25, -0.2) is 0 Å². The second-order valence-corrected chi connectivity index (χ2v) is 7.08. The van der Waals surface area contributed by atoms with Gasteiger partial charge in [0.1, 0.15) is 0 Å². The van der Waals surface area contributed by atoms with Gasteiger partial charge in [0.05, 0.1) is 12.2 Å². The van der Waals surface area contributed by atoms with Gasteiger partial charge in [-0.3, -0.25) is 9.59 Å². The van der Waals surface area contributed by atoms with Crippen molar-refractivity contribution in [1.82, 2.24) is 0 Å². The first kappa shape index (κ1) is 19.8. The minimum atomic E-state index is -1.61. The molecule has 6 heteroatoms. The minimum Gasteiger partial charge on any atom is -0.366 e. The van der Waals surface area contributed by atoms with Crippen LogP contribution in [0.4, 0.5) is 5.69 Å². The van der Waals surface area contributed by atoms with Gasteiger partial charge >= 0.3 is 0 Å². The number of anilines is 1. The summed E-state index contributed by atoms with van der Waals surface area (Å²) in [4.78, 5) is 26.5. The van der Waals surface area contributed by atoms with E-state index in [2.05, 4.69) is 12.1 Å². The molecule has 30 heavy (non-hydrogen) atoms. The number of rotatable bonds is 6. The normalized spacial score (nSPS) is 14.6. The summed E-state index contributed by atoms with van der Waals surface area (Å²) in [6, 6.07) is 23.0. The standard InChI is InChI=1S/C24H22N2O4/c1-29-24(30-2)20-14-19(22(25)27)12-13-21(20)26(23(24)28)15-16-8-10-18(11-9-16)17-6-4-3-5-7-17/h3-14H,15H2,1-2H3,(H2,25,27). The first-order valence-corrected chi connectivity index (χ1v) is 9.51. The van der Waals surface area contributed by atoms with E-state index in [9.17, 15) is 9.59 Å². The van der Waals surface area contributed by atoms with Gasteiger partial charge in [0, 0.05) is 25.3 Å². The van der Waals surface area contributed by atoms with E-state index in [4.69, 9.17) is 15.2 Å². The van der Waals surface area contributed by atoms with Crippen molar-refractivity contribution in [2.75, 3.05) is 19.1 Å². The van der Waals surface area contributed by atoms with Crippen molar-refractivity contribution in [2.45, 2.75) is 12.3 Å². The summed E-state index contributed by atoms with van der Waals surface area (Å²) in [7, 11) is 2.81. The van der Waals surface area contributed by atoms with Crippen molar-refractivity contribution >= 4 is 17.5 Å². The van der Waals surface area contributed by atoms with Crippen LogP contribution in [0.2, 0.25) is 0 Å². The molecule has 0 aromatic heterocycles. The number of hydrogen-bond acceptors (Lipinski definition) is 4. The van der Waals surface area contributed by atoms with E-state index in [1.807, 2.05) is 42.5 Å². The molecule has 1 aliphatic rings. The minimum absolute atomic E-state index is 0.286. The number of ether oxygens (including phenoxy) is 2. The first-order chi connectivity index (χ1) is 14.5. The monoisotopic (exact) mass is 402 g/mol. The lowest BCUT2D eigenvalue weighted by molar-refractivity contribution is -0.209. The van der Waals surface area contributed by atoms with Gasteiger partial charge in [-0.15, -0.1) is 0 Å². The number of methoxy groups -OCH3 is 2. The Morgan fingerprint density at radius 3 is 2.17 bits per heavy atom. The Kier molecular flexibility index (Phi) is 5.11. The van der Waals surface area contributed by atoms with Crippen LogP contribution >= 0.6 is 0 Å². The molecule has 0 bridgehead atoms. The van der Waals surface area contributed by atoms with E-state index in [1.165, 1.54) is 14.2 Å². The fourth-order valence-corrected chi connectivity index (χ4v) is 3.84. The molecule has 0 saturated heterocycles. The number of nitrogens with two attached hydrogens (primary N) is 1. The lowest BCUT2D eigenvalue weighted by Crippen LogP contribution is -2.43. The first-order valence-electron chi connectivity index (χ1n) is 9.51. The van der Waals surface area contributed by atoms with Crippen molar-refractivity contribution < 1.29 is 19.1 Å². The number of fused-ring (bicyclic) bond motifs is 1. The van der Waals surface area contributed by atoms with Gasteiger partial charge < -0.3 is 20.1 Å². The molecule has 0 aliphatic carbocycles. The predicted molar refractivity (Wildman–Crippen MR) is 114 cm³/mol. The number of carbonyl (C=O) groups excluding carboxylic acids is 2. The summed E-state index contributed by atoms with van der Waals surface area (Å²) >= 11 is 0. The highest BCUT2D eigenvalue weighted by molar-refractivity contribution is 6.07. The Morgan fingerprint density at radius 2 is 1.57 bits per heavy atom. The zero-order valence-corrected chi connectivity index (χ0v) is 16.8. The van der Waals surface area contributed by atoms with Crippen LogP contribution in [0.3, 0.4) is 0 Å². The average Bonchev–Trinajstić information content (AvgIpc) is 3.02. The fraction of sp³-hybridized carbons (Fsp3) is 0.167. The van der Waals surface area contributed by atoms with Gasteiger partial charge in [0.15, 0.2) is 0 Å². The smallest absolute Gasteiger partial charge is 0.292 e. The van der Waals surface area contributed by atoms with Crippen molar-refractivity contribution in [3.8, 4) is 11.1 Å². The Hall–Kier alpha value is -3.48. The summed E-state index contributed by atoms with van der Waals surface area (Å²) in [6.07, 6.45) is 0. The SMILES string of the molecule is COC1(OC)C(=O)N(Cc2ccc(-c3ccccc3)cc2)c2ccc(C(N)=O)cc21. The van der Waals surface area contributed by atoms with E-state index >= 15 is 0 Å². The molecule has 2 amide bonds. The van der Waals surface area contributed by atoms with Crippen molar-refractivity contribution in [3.05, 3.63) is 89.5 Å². The number of benzene rings is 3. The molecular weight excluding hydrogens is 380 g/mol. The maximum Gasteiger partial charge on any atom is 0.292 e. The Labute approximate surface area is 174 Å². The second kappa shape index (κ2) is 7.74. The molecule has 1 aliphatic heterocycles. The highest BCUT2D eigenvalue weighted by Crippen LogP contribution is 2.44. The van der Waals surface area contributed by atoms with Gasteiger partial charge in [-0.05, 0) is 34.9 Å². The molecule has 0 radical (unpaired) electrons. The third-order valence-corrected chi connectivity index (χ3v) is 5.43. The molecule has 0 saturated carbocycles. The predicted octanol–water partition coefficient (Wildman–Crippen LogP) is 3.44. The average molecular weight is 402 g/mol. The van der Waals surface area contributed by atoms with Gasteiger partial charge in [-0.2, -0.15) is 0 Å². The zero-order chi connectivity index (χ0) is 21.3. The molecule has 152 valence electrons. The van der Waals surface area contributed by atoms with Gasteiger partial charge in [-0.1, -0.05) is 54.6 Å². The number of hydrogen-bond donors (Lipinski definition) is 1. The number of nitrogens with zero attached hydrogens (tertiary/aromatic N) is 1. The molecule has 0 spiro atoms. The third-order valence-electron chi connectivity index (χ3n) is 5.43. The topological polar surface area (TPSA) is 81.9 Å². The van der Waals surface area contributed by atoms with Gasteiger partial charge in [0.25, 0.3) is 11.7 Å². The van der Waals surface area contributed by atoms with Crippen LogP contribution in [0.5, 0.6) is 0 Å². The zero-order valence-electron chi connectivity index (χ0n) is 16.8. The summed E-state index contributed by atoms with van der Waals surface area (Å²) in [5.74, 6) is -2.54. The second-order valence-electron chi connectivity index (χ2n) is 7.08. The maximum absolute atomic E-state index is 13.3. The molecular formula is C24H22N2O4. The highest BCUT2D eigenvalue weighted by Gasteiger charge is 2.52. The van der Waals surface area contributed by atoms with E-state index in [0.717, 1.165) is 16.7 Å². The number of amides is 2. The molecule has 3 aromatic carbocycles. The lowest BCUT2D eigenvalue weighted by Gasteiger charge is -2.25. The van der Waals surface area contributed by atoms with Crippen LogP contribution in [0.1, 0.15) is 21.5 Å². The summed E-state index contributed by atoms with van der Waals surface area (Å²) < 4.78 is 11.0. The fourth-order valence-electron chi connectivity index (χ4n) is 3.84. The summed E-state index contributed by atoms with van der Waals surface area (Å²) in [5.41, 5.74) is 9.98. The van der Waals surface area contributed by atoms with Crippen LogP contribution in [0, 0.1) is 0 Å². The van der Waals surface area contributed by atoms with E-state index in [-0.39, 0.29) is 11.5 Å². The molecule has 3 aromatic rings. The summed E-state index contributed by atoms with van der Waals surface area (Å²) in [6.45, 7) is 0.339. The third kappa shape index (κ3) is 3.16. The van der Waals surface area contributed by atoms with Crippen molar-refractivity contribution in [2.24, 2.45) is 5.73 Å². The lowest BCUT2D eigenvalue weighted by atomic mass is 10.0. The van der Waals surface area contributed by atoms with Gasteiger partial charge in [0.2, 0.25) is 5.91 Å². The maximum atomic E-state index is 13.3. The van der Waals surface area contributed by atoms with E-state index in [1.54, 1.807) is 23.1 Å². The molecule has 4 rings (SSSR count). The van der Waals surface area contributed by atoms with Crippen LogP contribution in [0.15, 0.2) is 72.8 Å².